The van der Waals surface area contributed by atoms with E-state index in [1.165, 1.54) is 11.3 Å². The molecule has 142 valence electrons. The maximum Gasteiger partial charge on any atom is 0.206 e. The van der Waals surface area contributed by atoms with Crippen LogP contribution in [0.4, 0.5) is 0 Å². The molecule has 1 aromatic heterocycles. The zero-order valence-electron chi connectivity index (χ0n) is 15.0. The molecule has 3 aromatic rings. The molecule has 8 heteroatoms. The van der Waals surface area contributed by atoms with Crippen molar-refractivity contribution in [2.24, 2.45) is 10.1 Å². The van der Waals surface area contributed by atoms with E-state index < -0.39 is 0 Å². The third kappa shape index (κ3) is 4.89. The van der Waals surface area contributed by atoms with Crippen molar-refractivity contribution in [3.63, 3.8) is 0 Å². The van der Waals surface area contributed by atoms with Crippen molar-refractivity contribution in [3.05, 3.63) is 73.8 Å². The van der Waals surface area contributed by atoms with Crippen molar-refractivity contribution in [1.82, 2.24) is 4.68 Å². The van der Waals surface area contributed by atoms with Gasteiger partial charge in [0, 0.05) is 23.1 Å². The van der Waals surface area contributed by atoms with Crippen molar-refractivity contribution in [3.8, 4) is 17.3 Å². The summed E-state index contributed by atoms with van der Waals surface area (Å²) < 4.78 is 6.82. The molecule has 0 bridgehead atoms. The molecule has 28 heavy (non-hydrogen) atoms. The first-order chi connectivity index (χ1) is 13.6. The molecule has 0 aliphatic carbocycles. The maximum atomic E-state index is 8.92. The second-order valence-corrected chi connectivity index (χ2v) is 7.37. The van der Waals surface area contributed by atoms with Crippen LogP contribution in [-0.2, 0) is 4.74 Å². The fraction of sp³-hybridized carbons (Fsp3) is 0.150. The molecule has 0 aliphatic rings. The van der Waals surface area contributed by atoms with Gasteiger partial charge in [0.2, 0.25) is 4.80 Å². The Kier molecular flexibility index (Phi) is 7.01. The van der Waals surface area contributed by atoms with Gasteiger partial charge in [0.25, 0.3) is 0 Å². The lowest BCUT2D eigenvalue weighted by atomic mass is 10.2. The summed E-state index contributed by atoms with van der Waals surface area (Å²) in [5.74, 6) is 0. The molecule has 0 amide bonds. The monoisotopic (exact) mass is 430 g/mol. The van der Waals surface area contributed by atoms with Crippen LogP contribution in [0, 0.1) is 11.3 Å². The molecule has 0 unspecified atom stereocenters. The Morgan fingerprint density at radius 1 is 1.21 bits per heavy atom. The Labute approximate surface area is 176 Å². The van der Waals surface area contributed by atoms with Crippen LogP contribution in [0.1, 0.15) is 11.1 Å². The van der Waals surface area contributed by atoms with Gasteiger partial charge in [-0.15, -0.1) is 11.3 Å². The lowest BCUT2D eigenvalue weighted by Crippen LogP contribution is -2.13. The van der Waals surface area contributed by atoms with Crippen molar-refractivity contribution >= 4 is 40.8 Å². The van der Waals surface area contributed by atoms with E-state index in [-0.39, 0.29) is 0 Å². The molecule has 0 N–H and O–H groups in total. The van der Waals surface area contributed by atoms with Gasteiger partial charge in [0.15, 0.2) is 0 Å². The minimum Gasteiger partial charge on any atom is -0.383 e. The van der Waals surface area contributed by atoms with E-state index >= 15 is 0 Å². The van der Waals surface area contributed by atoms with E-state index in [0.29, 0.717) is 28.8 Å². The number of halogens is 2. The van der Waals surface area contributed by atoms with Gasteiger partial charge in [-0.05, 0) is 35.9 Å². The van der Waals surface area contributed by atoms with Gasteiger partial charge in [0.1, 0.15) is 0 Å². The van der Waals surface area contributed by atoms with Gasteiger partial charge in [-0.3, -0.25) is 4.99 Å². The summed E-state index contributed by atoms with van der Waals surface area (Å²) in [6.45, 7) is 1.05. The normalized spacial score (nSPS) is 11.9. The van der Waals surface area contributed by atoms with Crippen LogP contribution in [0.25, 0.3) is 11.3 Å². The number of aromatic nitrogens is 1. The Bertz CT molecular complexity index is 1090. The largest absolute Gasteiger partial charge is 0.383 e. The van der Waals surface area contributed by atoms with Crippen LogP contribution in [0.2, 0.25) is 10.0 Å². The topological polar surface area (TPSA) is 62.7 Å². The zero-order valence-corrected chi connectivity index (χ0v) is 17.3. The molecular weight excluding hydrogens is 415 g/mol. The summed E-state index contributed by atoms with van der Waals surface area (Å²) in [6, 6.07) is 14.6. The van der Waals surface area contributed by atoms with Gasteiger partial charge in [-0.25, -0.2) is 4.68 Å². The Hall–Kier alpha value is -2.43. The lowest BCUT2D eigenvalue weighted by molar-refractivity contribution is 0.207. The number of ether oxygens (including phenoxy) is 1. The number of rotatable bonds is 6. The van der Waals surface area contributed by atoms with E-state index in [9.17, 15) is 0 Å². The van der Waals surface area contributed by atoms with Gasteiger partial charge in [-0.1, -0.05) is 35.3 Å². The average molecular weight is 431 g/mol. The number of hydrogen-bond donors (Lipinski definition) is 0. The number of methoxy groups -OCH3 is 1. The van der Waals surface area contributed by atoms with Crippen molar-refractivity contribution in [1.29, 1.82) is 5.26 Å². The third-order valence-electron chi connectivity index (χ3n) is 3.80. The first-order valence-electron chi connectivity index (χ1n) is 8.32. The standard InChI is InChI=1S/C20H16Cl2N4OS/c1-27-9-8-24-20-26(25-12-15-4-2-14(11-23)3-5-15)19(13-28-20)17-7-6-16(21)10-18(17)22/h2-7,10,12-13H,8-9H2,1H3. The second-order valence-electron chi connectivity index (χ2n) is 5.69. The van der Waals surface area contributed by atoms with E-state index in [0.717, 1.165) is 21.6 Å². The maximum absolute atomic E-state index is 8.92. The minimum absolute atomic E-state index is 0.522. The van der Waals surface area contributed by atoms with Gasteiger partial charge < -0.3 is 4.74 Å². The first-order valence-corrected chi connectivity index (χ1v) is 9.96. The van der Waals surface area contributed by atoms with E-state index in [4.69, 9.17) is 33.2 Å². The Morgan fingerprint density at radius 2 is 2.00 bits per heavy atom. The van der Waals surface area contributed by atoms with Crippen LogP contribution < -0.4 is 4.80 Å². The van der Waals surface area contributed by atoms with E-state index in [1.807, 2.05) is 23.6 Å². The summed E-state index contributed by atoms with van der Waals surface area (Å²) in [5.41, 5.74) is 3.10. The van der Waals surface area contributed by atoms with Gasteiger partial charge in [0.05, 0.1) is 41.7 Å². The van der Waals surface area contributed by atoms with Crippen molar-refractivity contribution < 1.29 is 4.74 Å². The van der Waals surface area contributed by atoms with Crippen LogP contribution >= 0.6 is 34.5 Å². The van der Waals surface area contributed by atoms with Gasteiger partial charge in [-0.2, -0.15) is 10.4 Å². The Morgan fingerprint density at radius 3 is 2.68 bits per heavy atom. The molecule has 0 aliphatic heterocycles. The molecule has 5 nitrogen and oxygen atoms in total. The SMILES string of the molecule is COCCN=c1scc(-c2ccc(Cl)cc2Cl)n1N=Cc1ccc(C#N)cc1. The molecule has 0 atom stereocenters. The van der Waals surface area contributed by atoms with Crippen LogP contribution in [0.5, 0.6) is 0 Å². The van der Waals surface area contributed by atoms with Crippen molar-refractivity contribution in [2.75, 3.05) is 20.3 Å². The third-order valence-corrected chi connectivity index (χ3v) is 5.20. The zero-order chi connectivity index (χ0) is 19.9. The van der Waals surface area contributed by atoms with Crippen molar-refractivity contribution in [2.45, 2.75) is 0 Å². The second kappa shape index (κ2) is 9.67. The number of hydrogen-bond acceptors (Lipinski definition) is 5. The fourth-order valence-corrected chi connectivity index (χ4v) is 3.76. The summed E-state index contributed by atoms with van der Waals surface area (Å²) in [4.78, 5) is 5.28. The fourth-order valence-electron chi connectivity index (χ4n) is 2.40. The van der Waals surface area contributed by atoms with Gasteiger partial charge >= 0.3 is 0 Å². The number of nitrogens with zero attached hydrogens (tertiary/aromatic N) is 4. The molecule has 0 saturated carbocycles. The molecule has 2 aromatic carbocycles. The molecule has 1 heterocycles. The molecule has 0 fully saturated rings. The predicted octanol–water partition coefficient (Wildman–Crippen LogP) is 4.82. The highest BCUT2D eigenvalue weighted by Crippen LogP contribution is 2.30. The highest BCUT2D eigenvalue weighted by atomic mass is 35.5. The van der Waals surface area contributed by atoms with Crippen LogP contribution in [0.3, 0.4) is 0 Å². The molecule has 0 radical (unpaired) electrons. The molecule has 0 saturated heterocycles. The van der Waals surface area contributed by atoms with Crippen LogP contribution in [-0.4, -0.2) is 31.2 Å². The summed E-state index contributed by atoms with van der Waals surface area (Å²) in [6.07, 6.45) is 1.72. The quantitative estimate of drug-likeness (QED) is 0.415. The highest BCUT2D eigenvalue weighted by Gasteiger charge is 2.11. The average Bonchev–Trinajstić information content (AvgIpc) is 3.09. The lowest BCUT2D eigenvalue weighted by Gasteiger charge is -2.06. The summed E-state index contributed by atoms with van der Waals surface area (Å²) in [5, 5.41) is 16.6. The number of benzene rings is 2. The number of nitriles is 1. The molecule has 3 rings (SSSR count). The summed E-state index contributed by atoms with van der Waals surface area (Å²) in [7, 11) is 1.64. The molecular formula is C20H16Cl2N4OS. The minimum atomic E-state index is 0.522. The highest BCUT2D eigenvalue weighted by molar-refractivity contribution is 7.07. The summed E-state index contributed by atoms with van der Waals surface area (Å²) >= 11 is 13.9. The Balaban J connectivity index is 2.04. The molecule has 0 spiro atoms. The van der Waals surface area contributed by atoms with E-state index in [2.05, 4.69) is 16.2 Å². The smallest absolute Gasteiger partial charge is 0.206 e. The predicted molar refractivity (Wildman–Crippen MR) is 114 cm³/mol. The number of thiazole rings is 1. The van der Waals surface area contributed by atoms with Crippen LogP contribution in [0.15, 0.2) is 57.9 Å². The first kappa shape index (κ1) is 20.3. The van der Waals surface area contributed by atoms with E-state index in [1.54, 1.807) is 42.3 Å².